The van der Waals surface area contributed by atoms with E-state index in [0.29, 0.717) is 12.1 Å². The highest BCUT2D eigenvalue weighted by atomic mass is 32.2. The van der Waals surface area contributed by atoms with Gasteiger partial charge in [0.25, 0.3) is 0 Å². The number of Topliss-reactive ketones (excluding diaryl/α,β-unsaturated/α-hetero) is 1. The van der Waals surface area contributed by atoms with Gasteiger partial charge in [-0.3, -0.25) is 4.79 Å². The van der Waals surface area contributed by atoms with E-state index in [-0.39, 0.29) is 16.7 Å². The molecular formula is C15H21NO3S. The maximum atomic E-state index is 12.7. The predicted octanol–water partition coefficient (Wildman–Crippen LogP) is 2.84. The first-order valence-electron chi connectivity index (χ1n) is 7.06. The maximum absolute atomic E-state index is 12.7. The molecule has 1 atom stereocenters. The predicted molar refractivity (Wildman–Crippen MR) is 78.3 cm³/mol. The average molecular weight is 295 g/mol. The summed E-state index contributed by atoms with van der Waals surface area (Å²) in [6.07, 6.45) is 3.98. The lowest BCUT2D eigenvalue weighted by molar-refractivity contribution is 0.101. The van der Waals surface area contributed by atoms with E-state index in [0.717, 1.165) is 25.7 Å². The summed E-state index contributed by atoms with van der Waals surface area (Å²) >= 11 is 0. The molecule has 20 heavy (non-hydrogen) atoms. The van der Waals surface area contributed by atoms with Crippen LogP contribution >= 0.6 is 0 Å². The second-order valence-corrected chi connectivity index (χ2v) is 7.29. The second kappa shape index (κ2) is 6.06. The van der Waals surface area contributed by atoms with E-state index in [1.807, 2.05) is 6.92 Å². The van der Waals surface area contributed by atoms with Crippen molar-refractivity contribution in [3.8, 4) is 0 Å². The standard InChI is InChI=1S/C15H21NO3S/c1-12-6-4-3-5-11-16(12)20(18,19)15-9-7-14(8-10-15)13(2)17/h7-10,12H,3-6,11H2,1-2H3. The fraction of sp³-hybridized carbons (Fsp3) is 0.533. The molecule has 0 bridgehead atoms. The van der Waals surface area contributed by atoms with Gasteiger partial charge in [-0.15, -0.1) is 0 Å². The fourth-order valence-corrected chi connectivity index (χ4v) is 4.30. The first-order valence-corrected chi connectivity index (χ1v) is 8.50. The van der Waals surface area contributed by atoms with E-state index in [4.69, 9.17) is 0 Å². The summed E-state index contributed by atoms with van der Waals surface area (Å²) in [6, 6.07) is 6.26. The largest absolute Gasteiger partial charge is 0.295 e. The fourth-order valence-electron chi connectivity index (χ4n) is 2.60. The summed E-state index contributed by atoms with van der Waals surface area (Å²) in [5.41, 5.74) is 0.535. The molecule has 0 N–H and O–H groups in total. The Morgan fingerprint density at radius 3 is 2.40 bits per heavy atom. The number of nitrogens with zero attached hydrogens (tertiary/aromatic N) is 1. The molecule has 0 aliphatic carbocycles. The normalized spacial score (nSPS) is 21.4. The van der Waals surface area contributed by atoms with Crippen LogP contribution in [0.4, 0.5) is 0 Å². The van der Waals surface area contributed by atoms with Crippen molar-refractivity contribution >= 4 is 15.8 Å². The summed E-state index contributed by atoms with van der Waals surface area (Å²) in [5, 5.41) is 0. The molecule has 1 aromatic carbocycles. The van der Waals surface area contributed by atoms with Gasteiger partial charge in [-0.2, -0.15) is 4.31 Å². The van der Waals surface area contributed by atoms with Gasteiger partial charge in [-0.25, -0.2) is 8.42 Å². The summed E-state index contributed by atoms with van der Waals surface area (Å²) in [6.45, 7) is 4.02. The van der Waals surface area contributed by atoms with Gasteiger partial charge in [0.05, 0.1) is 4.90 Å². The zero-order valence-electron chi connectivity index (χ0n) is 12.0. The molecule has 0 spiro atoms. The quantitative estimate of drug-likeness (QED) is 0.806. The number of sulfonamides is 1. The molecule has 4 nitrogen and oxygen atoms in total. The highest BCUT2D eigenvalue weighted by Gasteiger charge is 2.29. The molecule has 5 heteroatoms. The van der Waals surface area contributed by atoms with Gasteiger partial charge in [0.1, 0.15) is 0 Å². The zero-order chi connectivity index (χ0) is 14.8. The van der Waals surface area contributed by atoms with E-state index in [2.05, 4.69) is 0 Å². The topological polar surface area (TPSA) is 54.5 Å². The number of carbonyl (C=O) groups is 1. The monoisotopic (exact) mass is 295 g/mol. The Balaban J connectivity index is 2.31. The molecule has 1 unspecified atom stereocenters. The Hall–Kier alpha value is -1.20. The van der Waals surface area contributed by atoms with Crippen molar-refractivity contribution in [2.75, 3.05) is 6.54 Å². The van der Waals surface area contributed by atoms with E-state index < -0.39 is 10.0 Å². The van der Waals surface area contributed by atoms with Gasteiger partial charge >= 0.3 is 0 Å². The molecule has 110 valence electrons. The molecule has 2 rings (SSSR count). The van der Waals surface area contributed by atoms with Gasteiger partial charge < -0.3 is 0 Å². The third-order valence-electron chi connectivity index (χ3n) is 3.86. The van der Waals surface area contributed by atoms with Gasteiger partial charge in [-0.1, -0.05) is 25.0 Å². The number of carbonyl (C=O) groups excluding carboxylic acids is 1. The van der Waals surface area contributed by atoms with Crippen LogP contribution in [0.2, 0.25) is 0 Å². The Labute approximate surface area is 120 Å². The molecule has 1 fully saturated rings. The zero-order valence-corrected chi connectivity index (χ0v) is 12.8. The second-order valence-electron chi connectivity index (χ2n) is 5.39. The smallest absolute Gasteiger partial charge is 0.243 e. The van der Waals surface area contributed by atoms with E-state index >= 15 is 0 Å². The van der Waals surface area contributed by atoms with Crippen molar-refractivity contribution in [3.05, 3.63) is 29.8 Å². The molecule has 1 heterocycles. The van der Waals surface area contributed by atoms with Crippen molar-refractivity contribution < 1.29 is 13.2 Å². The third-order valence-corrected chi connectivity index (χ3v) is 5.89. The van der Waals surface area contributed by atoms with Gasteiger partial charge in [0.2, 0.25) is 10.0 Å². The van der Waals surface area contributed by atoms with Crippen molar-refractivity contribution in [1.29, 1.82) is 0 Å². The average Bonchev–Trinajstić information content (AvgIpc) is 2.64. The molecular weight excluding hydrogens is 274 g/mol. The van der Waals surface area contributed by atoms with Crippen LogP contribution in [0.1, 0.15) is 49.9 Å². The van der Waals surface area contributed by atoms with Crippen molar-refractivity contribution in [1.82, 2.24) is 4.31 Å². The molecule has 1 aromatic rings. The molecule has 1 aliphatic heterocycles. The Kier molecular flexibility index (Phi) is 4.60. The van der Waals surface area contributed by atoms with E-state index in [9.17, 15) is 13.2 Å². The van der Waals surface area contributed by atoms with Crippen molar-refractivity contribution in [3.63, 3.8) is 0 Å². The maximum Gasteiger partial charge on any atom is 0.243 e. The molecule has 0 aromatic heterocycles. The first kappa shape index (κ1) is 15.2. The van der Waals surface area contributed by atoms with E-state index in [1.165, 1.54) is 19.1 Å². The summed E-state index contributed by atoms with van der Waals surface area (Å²) in [5.74, 6) is -0.0583. The van der Waals surface area contributed by atoms with Gasteiger partial charge in [0.15, 0.2) is 5.78 Å². The van der Waals surface area contributed by atoms with Crippen LogP contribution < -0.4 is 0 Å². The lowest BCUT2D eigenvalue weighted by Gasteiger charge is -2.26. The summed E-state index contributed by atoms with van der Waals surface area (Å²) in [7, 11) is -3.45. The summed E-state index contributed by atoms with van der Waals surface area (Å²) < 4.78 is 26.9. The Bertz CT molecular complexity index is 578. The first-order chi connectivity index (χ1) is 9.43. The van der Waals surface area contributed by atoms with Crippen LogP contribution in [0.3, 0.4) is 0 Å². The molecule has 1 saturated heterocycles. The van der Waals surface area contributed by atoms with Crippen LogP contribution in [0.5, 0.6) is 0 Å². The van der Waals surface area contributed by atoms with Crippen LogP contribution in [0.25, 0.3) is 0 Å². The molecule has 1 aliphatic rings. The van der Waals surface area contributed by atoms with Crippen LogP contribution in [-0.4, -0.2) is 31.1 Å². The number of benzene rings is 1. The highest BCUT2D eigenvalue weighted by molar-refractivity contribution is 7.89. The molecule has 0 amide bonds. The minimum atomic E-state index is -3.45. The molecule has 0 radical (unpaired) electrons. The minimum Gasteiger partial charge on any atom is -0.295 e. The Morgan fingerprint density at radius 2 is 1.80 bits per heavy atom. The minimum absolute atomic E-state index is 0.0370. The number of rotatable bonds is 3. The number of hydrogen-bond acceptors (Lipinski definition) is 3. The van der Waals surface area contributed by atoms with Gasteiger partial charge in [-0.05, 0) is 38.8 Å². The lowest BCUT2D eigenvalue weighted by Crippen LogP contribution is -2.38. The highest BCUT2D eigenvalue weighted by Crippen LogP contribution is 2.24. The Morgan fingerprint density at radius 1 is 1.15 bits per heavy atom. The molecule has 0 saturated carbocycles. The number of ketones is 1. The van der Waals surface area contributed by atoms with Crippen molar-refractivity contribution in [2.45, 2.75) is 50.5 Å². The third kappa shape index (κ3) is 3.10. The lowest BCUT2D eigenvalue weighted by atomic mass is 10.1. The SMILES string of the molecule is CC(=O)c1ccc(S(=O)(=O)N2CCCCCC2C)cc1. The van der Waals surface area contributed by atoms with Crippen LogP contribution in [0.15, 0.2) is 29.2 Å². The van der Waals surface area contributed by atoms with Crippen LogP contribution in [0, 0.1) is 0 Å². The van der Waals surface area contributed by atoms with Crippen molar-refractivity contribution in [2.24, 2.45) is 0 Å². The van der Waals surface area contributed by atoms with Crippen LogP contribution in [-0.2, 0) is 10.0 Å². The number of hydrogen-bond donors (Lipinski definition) is 0. The van der Waals surface area contributed by atoms with E-state index in [1.54, 1.807) is 16.4 Å². The van der Waals surface area contributed by atoms with Gasteiger partial charge in [0, 0.05) is 18.2 Å². The summed E-state index contributed by atoms with van der Waals surface area (Å²) in [4.78, 5) is 11.5.